The summed E-state index contributed by atoms with van der Waals surface area (Å²) in [4.78, 5) is 14.0. The molecule has 0 unspecified atom stereocenters. The molecule has 27 heavy (non-hydrogen) atoms. The largest absolute Gasteiger partial charge is 0.493 e. The fraction of sp³-hybridized carbons (Fsp3) is 0.250. The SMILES string of the molecule is COc1cc(/C=N/Nc2nnc(C)c(=O)[nH]2)ccc1OCc1nonc1C. The molecule has 0 aliphatic rings. The Bertz CT molecular complexity index is 1010. The standard InChI is InChI=1S/C16H17N7O4/c1-9-12(23-27-22-9)8-26-13-5-4-11(6-14(13)25-3)7-17-20-16-18-15(24)10(2)19-21-16/h4-7H,8H2,1-3H3,(H2,18,20,21,24)/b17-7+. The predicted octanol–water partition coefficient (Wildman–Crippen LogP) is 1.20. The first kappa shape index (κ1) is 18.0. The van der Waals surface area contributed by atoms with Crippen LogP contribution in [-0.2, 0) is 6.61 Å². The Morgan fingerprint density at radius 2 is 2.07 bits per heavy atom. The van der Waals surface area contributed by atoms with E-state index in [0.717, 1.165) is 5.56 Å². The first-order valence-corrected chi connectivity index (χ1v) is 7.88. The molecule has 0 aliphatic carbocycles. The van der Waals surface area contributed by atoms with Gasteiger partial charge in [-0.05, 0) is 37.6 Å². The van der Waals surface area contributed by atoms with Crippen molar-refractivity contribution in [3.63, 3.8) is 0 Å². The number of nitrogens with one attached hydrogen (secondary N) is 2. The first-order chi connectivity index (χ1) is 13.1. The van der Waals surface area contributed by atoms with Gasteiger partial charge < -0.3 is 9.47 Å². The van der Waals surface area contributed by atoms with Gasteiger partial charge in [-0.2, -0.15) is 5.10 Å². The van der Waals surface area contributed by atoms with Crippen LogP contribution in [0.5, 0.6) is 11.5 Å². The number of hydrazone groups is 1. The van der Waals surface area contributed by atoms with Crippen LogP contribution >= 0.6 is 0 Å². The lowest BCUT2D eigenvalue weighted by Gasteiger charge is -2.10. The minimum atomic E-state index is -0.330. The summed E-state index contributed by atoms with van der Waals surface area (Å²) >= 11 is 0. The highest BCUT2D eigenvalue weighted by Crippen LogP contribution is 2.28. The molecule has 0 radical (unpaired) electrons. The average molecular weight is 371 g/mol. The summed E-state index contributed by atoms with van der Waals surface area (Å²) in [6.45, 7) is 3.56. The highest BCUT2D eigenvalue weighted by molar-refractivity contribution is 5.81. The van der Waals surface area contributed by atoms with Gasteiger partial charge in [0.05, 0.1) is 13.3 Å². The molecule has 1 aromatic carbocycles. The maximum absolute atomic E-state index is 11.5. The van der Waals surface area contributed by atoms with E-state index in [2.05, 4.69) is 40.7 Å². The Labute approximate surface area is 153 Å². The lowest BCUT2D eigenvalue weighted by molar-refractivity contribution is 0.260. The second-order valence-electron chi connectivity index (χ2n) is 5.45. The van der Waals surface area contributed by atoms with Crippen molar-refractivity contribution < 1.29 is 14.1 Å². The number of H-pyrrole nitrogens is 1. The van der Waals surface area contributed by atoms with Crippen molar-refractivity contribution in [1.82, 2.24) is 25.5 Å². The fourth-order valence-corrected chi connectivity index (χ4v) is 2.02. The van der Waals surface area contributed by atoms with Gasteiger partial charge in [0.25, 0.3) is 5.56 Å². The third-order valence-corrected chi connectivity index (χ3v) is 3.54. The van der Waals surface area contributed by atoms with E-state index < -0.39 is 0 Å². The van der Waals surface area contributed by atoms with Gasteiger partial charge in [-0.15, -0.1) is 10.2 Å². The molecule has 0 spiro atoms. The summed E-state index contributed by atoms with van der Waals surface area (Å²) in [6, 6.07) is 5.29. The van der Waals surface area contributed by atoms with E-state index in [0.29, 0.717) is 22.9 Å². The van der Waals surface area contributed by atoms with Gasteiger partial charge in [0, 0.05) is 0 Å². The molecule has 2 heterocycles. The molecule has 0 bridgehead atoms. The van der Waals surface area contributed by atoms with E-state index in [1.807, 2.05) is 0 Å². The molecule has 3 aromatic rings. The quantitative estimate of drug-likeness (QED) is 0.463. The number of aromatic nitrogens is 5. The third kappa shape index (κ3) is 4.45. The molecule has 0 saturated carbocycles. The average Bonchev–Trinajstić information content (AvgIpc) is 3.08. The van der Waals surface area contributed by atoms with Crippen LogP contribution in [0, 0.1) is 13.8 Å². The zero-order chi connectivity index (χ0) is 19.2. The van der Waals surface area contributed by atoms with Crippen LogP contribution in [0.4, 0.5) is 5.95 Å². The molecule has 3 rings (SSSR count). The van der Waals surface area contributed by atoms with E-state index in [1.54, 1.807) is 32.0 Å². The van der Waals surface area contributed by atoms with Crippen molar-refractivity contribution in [3.05, 3.63) is 51.2 Å². The molecule has 0 atom stereocenters. The molecular formula is C16H17N7O4. The van der Waals surface area contributed by atoms with Gasteiger partial charge in [0.15, 0.2) is 11.5 Å². The molecule has 11 heteroatoms. The third-order valence-electron chi connectivity index (χ3n) is 3.54. The van der Waals surface area contributed by atoms with Gasteiger partial charge in [-0.25, -0.2) is 10.1 Å². The number of benzene rings is 1. The number of nitrogens with zero attached hydrogens (tertiary/aromatic N) is 5. The first-order valence-electron chi connectivity index (χ1n) is 7.88. The summed E-state index contributed by atoms with van der Waals surface area (Å²) in [6.07, 6.45) is 1.54. The Morgan fingerprint density at radius 3 is 2.78 bits per heavy atom. The molecule has 0 saturated heterocycles. The zero-order valence-corrected chi connectivity index (χ0v) is 14.9. The number of hydrogen-bond donors (Lipinski definition) is 2. The monoisotopic (exact) mass is 371 g/mol. The highest BCUT2D eigenvalue weighted by atomic mass is 16.6. The van der Waals surface area contributed by atoms with E-state index in [-0.39, 0.29) is 23.8 Å². The smallest absolute Gasteiger partial charge is 0.274 e. The molecule has 0 aliphatic heterocycles. The summed E-state index contributed by atoms with van der Waals surface area (Å²) in [5.74, 6) is 1.21. The van der Waals surface area contributed by atoms with Crippen molar-refractivity contribution in [2.45, 2.75) is 20.5 Å². The number of aromatic amines is 1. The molecule has 0 fully saturated rings. The van der Waals surface area contributed by atoms with Crippen LogP contribution in [0.25, 0.3) is 0 Å². The van der Waals surface area contributed by atoms with Crippen LogP contribution in [0.2, 0.25) is 0 Å². The van der Waals surface area contributed by atoms with Crippen LogP contribution in [-0.4, -0.2) is 38.8 Å². The zero-order valence-electron chi connectivity index (χ0n) is 14.9. The Balaban J connectivity index is 1.66. The molecule has 2 aromatic heterocycles. The number of methoxy groups -OCH3 is 1. The number of rotatable bonds is 7. The maximum Gasteiger partial charge on any atom is 0.274 e. The Kier molecular flexibility index (Phi) is 5.40. The lowest BCUT2D eigenvalue weighted by atomic mass is 10.2. The normalized spacial score (nSPS) is 10.9. The summed E-state index contributed by atoms with van der Waals surface area (Å²) in [7, 11) is 1.54. The van der Waals surface area contributed by atoms with Gasteiger partial charge in [-0.3, -0.25) is 9.78 Å². The summed E-state index contributed by atoms with van der Waals surface area (Å²) in [5, 5.41) is 19.0. The van der Waals surface area contributed by atoms with E-state index in [9.17, 15) is 4.79 Å². The summed E-state index contributed by atoms with van der Waals surface area (Å²) in [5.41, 5.74) is 4.58. The highest BCUT2D eigenvalue weighted by Gasteiger charge is 2.09. The predicted molar refractivity (Wildman–Crippen MR) is 95.0 cm³/mol. The second kappa shape index (κ2) is 8.08. The van der Waals surface area contributed by atoms with Crippen LogP contribution in [0.15, 0.2) is 32.7 Å². The Hall–Kier alpha value is -3.76. The topological polar surface area (TPSA) is 140 Å². The molecule has 0 amide bonds. The molecular weight excluding hydrogens is 354 g/mol. The molecule has 140 valence electrons. The number of ether oxygens (including phenoxy) is 2. The fourth-order valence-electron chi connectivity index (χ4n) is 2.02. The molecule has 11 nitrogen and oxygen atoms in total. The van der Waals surface area contributed by atoms with Crippen molar-refractivity contribution >= 4 is 12.2 Å². The van der Waals surface area contributed by atoms with Gasteiger partial charge in [-0.1, -0.05) is 10.3 Å². The van der Waals surface area contributed by atoms with Crippen LogP contribution in [0.3, 0.4) is 0 Å². The van der Waals surface area contributed by atoms with E-state index >= 15 is 0 Å². The van der Waals surface area contributed by atoms with E-state index in [4.69, 9.17) is 9.47 Å². The second-order valence-corrected chi connectivity index (χ2v) is 5.45. The minimum Gasteiger partial charge on any atom is -0.493 e. The number of aryl methyl sites for hydroxylation is 2. The van der Waals surface area contributed by atoms with Crippen molar-refractivity contribution in [1.29, 1.82) is 0 Å². The van der Waals surface area contributed by atoms with E-state index in [1.165, 1.54) is 13.3 Å². The number of anilines is 1. The van der Waals surface area contributed by atoms with Gasteiger partial charge >= 0.3 is 0 Å². The van der Waals surface area contributed by atoms with Gasteiger partial charge in [0.1, 0.15) is 23.7 Å². The van der Waals surface area contributed by atoms with Crippen molar-refractivity contribution in [2.75, 3.05) is 12.5 Å². The maximum atomic E-state index is 11.5. The van der Waals surface area contributed by atoms with Crippen LogP contribution < -0.4 is 20.5 Å². The van der Waals surface area contributed by atoms with Crippen molar-refractivity contribution in [2.24, 2.45) is 5.10 Å². The Morgan fingerprint density at radius 1 is 1.22 bits per heavy atom. The van der Waals surface area contributed by atoms with Gasteiger partial charge in [0.2, 0.25) is 5.95 Å². The molecule has 2 N–H and O–H groups in total. The minimum absolute atomic E-state index is 0.144. The summed E-state index contributed by atoms with van der Waals surface area (Å²) < 4.78 is 15.7. The van der Waals surface area contributed by atoms with Crippen molar-refractivity contribution in [3.8, 4) is 11.5 Å². The lowest BCUT2D eigenvalue weighted by Crippen LogP contribution is -2.15. The van der Waals surface area contributed by atoms with Crippen LogP contribution in [0.1, 0.15) is 22.6 Å². The number of hydrogen-bond acceptors (Lipinski definition) is 10.